The van der Waals surface area contributed by atoms with Crippen LogP contribution >= 0.6 is 0 Å². The van der Waals surface area contributed by atoms with E-state index in [1.165, 1.54) is 0 Å². The zero-order valence-corrected chi connectivity index (χ0v) is 11.2. The van der Waals surface area contributed by atoms with E-state index in [2.05, 4.69) is 0 Å². The van der Waals surface area contributed by atoms with Gasteiger partial charge in [-0.2, -0.15) is 9.83 Å². The number of rotatable bonds is 5. The number of nitrogens with zero attached hydrogens (tertiary/aromatic N) is 2. The van der Waals surface area contributed by atoms with Crippen LogP contribution in [0.1, 0.15) is 20.7 Å². The van der Waals surface area contributed by atoms with Gasteiger partial charge in [0.25, 0.3) is 0 Å². The second kappa shape index (κ2) is 6.96. The molecular formula is C16H13N2O3+. The molecule has 0 saturated carbocycles. The fraction of sp³-hybridized carbons (Fsp3) is 0.125. The van der Waals surface area contributed by atoms with Crippen molar-refractivity contribution in [2.45, 2.75) is 6.54 Å². The van der Waals surface area contributed by atoms with E-state index < -0.39 is 5.97 Å². The third-order valence-electron chi connectivity index (χ3n) is 2.82. The zero-order chi connectivity index (χ0) is 15.1. The summed E-state index contributed by atoms with van der Waals surface area (Å²) in [5, 5.41) is 8.34. The number of carbonyl (C=O) groups is 2. The second-order valence-corrected chi connectivity index (χ2v) is 4.28. The van der Waals surface area contributed by atoms with Crippen LogP contribution in [0.25, 0.3) is 0 Å². The van der Waals surface area contributed by atoms with Crippen molar-refractivity contribution in [3.8, 4) is 6.07 Å². The van der Waals surface area contributed by atoms with E-state index in [9.17, 15) is 9.59 Å². The molecule has 0 N–H and O–H groups in total. The van der Waals surface area contributed by atoms with Gasteiger partial charge in [0.2, 0.25) is 12.3 Å². The van der Waals surface area contributed by atoms with Crippen molar-refractivity contribution in [3.63, 3.8) is 0 Å². The maximum atomic E-state index is 12.0. The number of ketones is 1. The summed E-state index contributed by atoms with van der Waals surface area (Å²) in [6, 6.07) is 13.8. The van der Waals surface area contributed by atoms with Crippen molar-refractivity contribution in [2.75, 3.05) is 6.61 Å². The Morgan fingerprint density at radius 1 is 1.05 bits per heavy atom. The molecule has 0 fully saturated rings. The van der Waals surface area contributed by atoms with Gasteiger partial charge in [0.05, 0.1) is 5.56 Å². The standard InChI is InChI=1S/C16H13N2O3/c17-8-11-21-16(20)14-6-9-18(10-7-14)12-15(19)13-4-2-1-3-5-13/h1-7,9-10H,11-12H2/q+1. The first-order chi connectivity index (χ1) is 10.2. The summed E-state index contributed by atoms with van der Waals surface area (Å²) in [4.78, 5) is 23.5. The summed E-state index contributed by atoms with van der Waals surface area (Å²) in [5.41, 5.74) is 0.983. The van der Waals surface area contributed by atoms with E-state index in [0.29, 0.717) is 11.1 Å². The van der Waals surface area contributed by atoms with Gasteiger partial charge in [-0.3, -0.25) is 4.79 Å². The lowest BCUT2D eigenvalue weighted by Crippen LogP contribution is -2.37. The summed E-state index contributed by atoms with van der Waals surface area (Å²) in [5.74, 6) is -0.571. The first-order valence-electron chi connectivity index (χ1n) is 6.32. The average Bonchev–Trinajstić information content (AvgIpc) is 2.54. The Balaban J connectivity index is 2.01. The molecule has 0 amide bonds. The topological polar surface area (TPSA) is 71.0 Å². The Kier molecular flexibility index (Phi) is 4.78. The molecule has 0 aliphatic heterocycles. The molecule has 0 aliphatic carbocycles. The summed E-state index contributed by atoms with van der Waals surface area (Å²) in [7, 11) is 0. The summed E-state index contributed by atoms with van der Waals surface area (Å²) in [6.07, 6.45) is 3.26. The van der Waals surface area contributed by atoms with Gasteiger partial charge in [-0.05, 0) is 0 Å². The number of aromatic nitrogens is 1. The summed E-state index contributed by atoms with van der Waals surface area (Å²) >= 11 is 0. The Labute approximate surface area is 122 Å². The molecule has 0 unspecified atom stereocenters. The number of hydrogen-bond acceptors (Lipinski definition) is 4. The number of Topliss-reactive ketones (excluding diaryl/α,β-unsaturated/α-hetero) is 1. The first-order valence-corrected chi connectivity index (χ1v) is 6.32. The molecule has 0 saturated heterocycles. The summed E-state index contributed by atoms with van der Waals surface area (Å²) in [6.45, 7) is -0.0856. The second-order valence-electron chi connectivity index (χ2n) is 4.28. The number of pyridine rings is 1. The minimum atomic E-state index is -0.557. The van der Waals surface area contributed by atoms with E-state index in [4.69, 9.17) is 10.00 Å². The van der Waals surface area contributed by atoms with E-state index in [1.807, 2.05) is 18.2 Å². The Morgan fingerprint density at radius 2 is 1.71 bits per heavy atom. The molecule has 5 heteroatoms. The predicted octanol–water partition coefficient (Wildman–Crippen LogP) is 1.54. The van der Waals surface area contributed by atoms with Gasteiger partial charge in [0.15, 0.2) is 19.0 Å². The molecule has 5 nitrogen and oxygen atoms in total. The molecule has 2 aromatic rings. The van der Waals surface area contributed by atoms with Crippen molar-refractivity contribution in [2.24, 2.45) is 0 Å². The average molecular weight is 281 g/mol. The van der Waals surface area contributed by atoms with Gasteiger partial charge in [0.1, 0.15) is 6.07 Å². The molecule has 0 spiro atoms. The highest BCUT2D eigenvalue weighted by Crippen LogP contribution is 2.01. The molecule has 0 radical (unpaired) electrons. The molecule has 21 heavy (non-hydrogen) atoms. The zero-order valence-electron chi connectivity index (χ0n) is 11.2. The van der Waals surface area contributed by atoms with Gasteiger partial charge in [-0.25, -0.2) is 4.79 Å². The molecule has 104 valence electrons. The third-order valence-corrected chi connectivity index (χ3v) is 2.82. The lowest BCUT2D eigenvalue weighted by atomic mass is 10.1. The lowest BCUT2D eigenvalue weighted by Gasteiger charge is -2.00. The molecule has 0 aliphatic rings. The molecular weight excluding hydrogens is 268 g/mol. The maximum Gasteiger partial charge on any atom is 0.339 e. The monoisotopic (exact) mass is 281 g/mol. The van der Waals surface area contributed by atoms with Crippen LogP contribution in [0.15, 0.2) is 54.9 Å². The first kappa shape index (κ1) is 14.4. The smallest absolute Gasteiger partial charge is 0.339 e. The van der Waals surface area contributed by atoms with Gasteiger partial charge in [-0.15, -0.1) is 0 Å². The van der Waals surface area contributed by atoms with Gasteiger partial charge in [-0.1, -0.05) is 30.3 Å². The maximum absolute atomic E-state index is 12.0. The molecule has 1 aromatic heterocycles. The highest BCUT2D eigenvalue weighted by Gasteiger charge is 2.13. The minimum Gasteiger partial charge on any atom is -0.447 e. The number of hydrogen-bond donors (Lipinski definition) is 0. The van der Waals surface area contributed by atoms with Crippen LogP contribution in [0.5, 0.6) is 0 Å². The molecule has 1 heterocycles. The van der Waals surface area contributed by atoms with E-state index in [-0.39, 0.29) is 18.9 Å². The minimum absolute atomic E-state index is 0.0135. The SMILES string of the molecule is N#CCOC(=O)c1cc[n+](CC(=O)c2ccccc2)cc1. The quantitative estimate of drug-likeness (QED) is 0.473. The normalized spacial score (nSPS) is 9.67. The molecule has 0 atom stereocenters. The Hall–Kier alpha value is -3.00. The van der Waals surface area contributed by atoms with Crippen LogP contribution in [0.2, 0.25) is 0 Å². The third kappa shape index (κ3) is 3.98. The highest BCUT2D eigenvalue weighted by atomic mass is 16.5. The van der Waals surface area contributed by atoms with Crippen LogP contribution in [-0.4, -0.2) is 18.4 Å². The number of carbonyl (C=O) groups excluding carboxylic acids is 2. The summed E-state index contributed by atoms with van der Waals surface area (Å²) < 4.78 is 6.37. The van der Waals surface area contributed by atoms with Crippen molar-refractivity contribution in [1.82, 2.24) is 0 Å². The number of esters is 1. The van der Waals surface area contributed by atoms with E-state index in [0.717, 1.165) is 0 Å². The van der Waals surface area contributed by atoms with Crippen molar-refractivity contribution >= 4 is 11.8 Å². The Bertz CT molecular complexity index is 673. The highest BCUT2D eigenvalue weighted by molar-refractivity contribution is 5.95. The fourth-order valence-electron chi connectivity index (χ4n) is 1.76. The molecule has 0 bridgehead atoms. The van der Waals surface area contributed by atoms with E-state index >= 15 is 0 Å². The van der Waals surface area contributed by atoms with Crippen molar-refractivity contribution < 1.29 is 18.9 Å². The Morgan fingerprint density at radius 3 is 2.33 bits per heavy atom. The van der Waals surface area contributed by atoms with Gasteiger partial charge >= 0.3 is 5.97 Å². The number of nitriles is 1. The van der Waals surface area contributed by atoms with Crippen LogP contribution in [-0.2, 0) is 11.3 Å². The molecule has 1 aromatic carbocycles. The molecule has 2 rings (SSSR count). The van der Waals surface area contributed by atoms with Crippen LogP contribution < -0.4 is 4.57 Å². The van der Waals surface area contributed by atoms with Crippen LogP contribution in [0.4, 0.5) is 0 Å². The largest absolute Gasteiger partial charge is 0.447 e. The van der Waals surface area contributed by atoms with Gasteiger partial charge in [0, 0.05) is 17.7 Å². The van der Waals surface area contributed by atoms with Gasteiger partial charge < -0.3 is 4.74 Å². The number of benzene rings is 1. The van der Waals surface area contributed by atoms with Crippen molar-refractivity contribution in [3.05, 3.63) is 66.0 Å². The lowest BCUT2D eigenvalue weighted by molar-refractivity contribution is -0.683. The number of ether oxygens (including phenoxy) is 1. The fourth-order valence-corrected chi connectivity index (χ4v) is 1.76. The van der Waals surface area contributed by atoms with E-state index in [1.54, 1.807) is 47.3 Å². The van der Waals surface area contributed by atoms with Crippen LogP contribution in [0.3, 0.4) is 0 Å². The van der Waals surface area contributed by atoms with Crippen molar-refractivity contribution in [1.29, 1.82) is 5.26 Å². The van der Waals surface area contributed by atoms with Crippen LogP contribution in [0, 0.1) is 11.3 Å². The predicted molar refractivity (Wildman–Crippen MR) is 73.3 cm³/mol.